The average Bonchev–Trinajstić information content (AvgIpc) is 2.63. The van der Waals surface area contributed by atoms with E-state index in [2.05, 4.69) is 20.2 Å². The zero-order valence-corrected chi connectivity index (χ0v) is 13.6. The summed E-state index contributed by atoms with van der Waals surface area (Å²) in [6, 6.07) is 5.52. The first-order chi connectivity index (χ1) is 11.7. The van der Waals surface area contributed by atoms with Gasteiger partial charge in [-0.3, -0.25) is 14.8 Å². The number of pyridine rings is 2. The molecule has 1 saturated heterocycles. The Kier molecular flexibility index (Phi) is 5.25. The normalized spacial score (nSPS) is 15.2. The van der Waals surface area contributed by atoms with E-state index in [9.17, 15) is 9.90 Å². The Morgan fingerprint density at radius 3 is 2.67 bits per heavy atom. The number of carbonyl (C=O) groups excluding carboxylic acids is 1. The number of anilines is 1. The molecule has 0 atom stereocenters. The van der Waals surface area contributed by atoms with Crippen molar-refractivity contribution in [2.45, 2.75) is 19.3 Å². The smallest absolute Gasteiger partial charge is 0.252 e. The standard InChI is InChI=1S/C18H22N4O2/c23-17-11-15(12-20-13-17)18(24)21-8-1-14-4-9-22(10-5-14)16-2-6-19-7-3-16/h2-3,6-7,11-14,23H,1,4-5,8-10H2,(H,21,24). The molecule has 0 bridgehead atoms. The van der Waals surface area contributed by atoms with Gasteiger partial charge in [0, 0.05) is 43.9 Å². The monoisotopic (exact) mass is 326 g/mol. The van der Waals surface area contributed by atoms with Gasteiger partial charge in [0.1, 0.15) is 5.75 Å². The van der Waals surface area contributed by atoms with Crippen molar-refractivity contribution in [2.75, 3.05) is 24.5 Å². The van der Waals surface area contributed by atoms with Crippen LogP contribution in [0.2, 0.25) is 0 Å². The van der Waals surface area contributed by atoms with Crippen LogP contribution in [0.3, 0.4) is 0 Å². The fourth-order valence-corrected chi connectivity index (χ4v) is 3.08. The average molecular weight is 326 g/mol. The number of hydrogen-bond donors (Lipinski definition) is 2. The molecule has 0 radical (unpaired) electrons. The van der Waals surface area contributed by atoms with Crippen LogP contribution in [0.25, 0.3) is 0 Å². The Labute approximate surface area is 141 Å². The third-order valence-electron chi connectivity index (χ3n) is 4.47. The van der Waals surface area contributed by atoms with E-state index in [1.807, 2.05) is 24.5 Å². The fraction of sp³-hybridized carbons (Fsp3) is 0.389. The quantitative estimate of drug-likeness (QED) is 0.881. The number of aromatic hydroxyl groups is 1. The minimum Gasteiger partial charge on any atom is -0.506 e. The summed E-state index contributed by atoms with van der Waals surface area (Å²) < 4.78 is 0. The summed E-state index contributed by atoms with van der Waals surface area (Å²) in [5, 5.41) is 12.3. The predicted octanol–water partition coefficient (Wildman–Crippen LogP) is 2.22. The molecule has 0 aromatic carbocycles. The molecule has 1 fully saturated rings. The second kappa shape index (κ2) is 7.77. The van der Waals surface area contributed by atoms with Crippen molar-refractivity contribution >= 4 is 11.6 Å². The Morgan fingerprint density at radius 1 is 1.21 bits per heavy atom. The Hall–Kier alpha value is -2.63. The highest BCUT2D eigenvalue weighted by molar-refractivity contribution is 5.94. The second-order valence-electron chi connectivity index (χ2n) is 6.11. The van der Waals surface area contributed by atoms with E-state index in [-0.39, 0.29) is 11.7 Å². The molecule has 3 heterocycles. The molecule has 0 saturated carbocycles. The summed E-state index contributed by atoms with van der Waals surface area (Å²) in [6.45, 7) is 2.73. The van der Waals surface area contributed by atoms with Crippen LogP contribution in [0.5, 0.6) is 5.75 Å². The molecule has 3 rings (SSSR count). The van der Waals surface area contributed by atoms with Crippen LogP contribution in [0.1, 0.15) is 29.6 Å². The molecule has 6 heteroatoms. The number of piperidine rings is 1. The second-order valence-corrected chi connectivity index (χ2v) is 6.11. The first-order valence-electron chi connectivity index (χ1n) is 8.29. The molecule has 0 unspecified atom stereocenters. The van der Waals surface area contributed by atoms with Gasteiger partial charge >= 0.3 is 0 Å². The van der Waals surface area contributed by atoms with Crippen LogP contribution >= 0.6 is 0 Å². The van der Waals surface area contributed by atoms with Gasteiger partial charge in [-0.05, 0) is 43.4 Å². The number of hydrogen-bond acceptors (Lipinski definition) is 5. The maximum absolute atomic E-state index is 12.0. The van der Waals surface area contributed by atoms with Gasteiger partial charge in [0.2, 0.25) is 0 Å². The lowest BCUT2D eigenvalue weighted by molar-refractivity contribution is 0.0950. The first kappa shape index (κ1) is 16.2. The van der Waals surface area contributed by atoms with Crippen LogP contribution in [0.4, 0.5) is 5.69 Å². The van der Waals surface area contributed by atoms with Crippen molar-refractivity contribution in [3.8, 4) is 5.75 Å². The van der Waals surface area contributed by atoms with E-state index in [0.29, 0.717) is 18.0 Å². The van der Waals surface area contributed by atoms with Gasteiger partial charge < -0.3 is 15.3 Å². The van der Waals surface area contributed by atoms with Gasteiger partial charge in [-0.25, -0.2) is 0 Å². The predicted molar refractivity (Wildman–Crippen MR) is 92.0 cm³/mol. The maximum Gasteiger partial charge on any atom is 0.252 e. The molecule has 0 spiro atoms. The van der Waals surface area contributed by atoms with Gasteiger partial charge in [-0.15, -0.1) is 0 Å². The van der Waals surface area contributed by atoms with Crippen molar-refractivity contribution in [3.63, 3.8) is 0 Å². The molecule has 126 valence electrons. The van der Waals surface area contributed by atoms with Crippen LogP contribution in [-0.2, 0) is 0 Å². The lowest BCUT2D eigenvalue weighted by atomic mass is 9.93. The highest BCUT2D eigenvalue weighted by atomic mass is 16.3. The van der Waals surface area contributed by atoms with E-state index in [0.717, 1.165) is 32.4 Å². The zero-order chi connectivity index (χ0) is 16.8. The summed E-state index contributed by atoms with van der Waals surface area (Å²) in [7, 11) is 0. The number of rotatable bonds is 5. The van der Waals surface area contributed by atoms with E-state index < -0.39 is 0 Å². The summed E-state index contributed by atoms with van der Waals surface area (Å²) >= 11 is 0. The van der Waals surface area contributed by atoms with E-state index in [1.165, 1.54) is 24.1 Å². The molecule has 2 N–H and O–H groups in total. The van der Waals surface area contributed by atoms with Crippen molar-refractivity contribution in [2.24, 2.45) is 5.92 Å². The highest BCUT2D eigenvalue weighted by Crippen LogP contribution is 2.24. The number of amides is 1. The highest BCUT2D eigenvalue weighted by Gasteiger charge is 2.19. The Balaban J connectivity index is 1.40. The molecular formula is C18H22N4O2. The zero-order valence-electron chi connectivity index (χ0n) is 13.6. The SMILES string of the molecule is O=C(NCCC1CCN(c2ccncc2)CC1)c1cncc(O)c1. The van der Waals surface area contributed by atoms with Gasteiger partial charge in [0.05, 0.1) is 11.8 Å². The topological polar surface area (TPSA) is 78.4 Å². The minimum atomic E-state index is -0.187. The molecular weight excluding hydrogens is 304 g/mol. The summed E-state index contributed by atoms with van der Waals surface area (Å²) in [5.41, 5.74) is 1.62. The molecule has 1 amide bonds. The molecule has 1 aliphatic rings. The van der Waals surface area contributed by atoms with Crippen molar-refractivity contribution < 1.29 is 9.90 Å². The van der Waals surface area contributed by atoms with E-state index in [4.69, 9.17) is 0 Å². The van der Waals surface area contributed by atoms with E-state index in [1.54, 1.807) is 0 Å². The van der Waals surface area contributed by atoms with Crippen molar-refractivity contribution in [3.05, 3.63) is 48.5 Å². The van der Waals surface area contributed by atoms with Crippen LogP contribution in [-0.4, -0.2) is 40.6 Å². The lowest BCUT2D eigenvalue weighted by Crippen LogP contribution is -2.35. The third-order valence-corrected chi connectivity index (χ3v) is 4.47. The molecule has 6 nitrogen and oxygen atoms in total. The number of carbonyl (C=O) groups is 1. The summed E-state index contributed by atoms with van der Waals surface area (Å²) in [4.78, 5) is 22.3. The molecule has 2 aromatic rings. The van der Waals surface area contributed by atoms with Gasteiger partial charge in [0.25, 0.3) is 5.91 Å². The number of nitrogens with zero attached hydrogens (tertiary/aromatic N) is 3. The van der Waals surface area contributed by atoms with Crippen molar-refractivity contribution in [1.29, 1.82) is 0 Å². The number of aromatic nitrogens is 2. The largest absolute Gasteiger partial charge is 0.506 e. The fourth-order valence-electron chi connectivity index (χ4n) is 3.08. The first-order valence-corrected chi connectivity index (χ1v) is 8.29. The van der Waals surface area contributed by atoms with E-state index >= 15 is 0 Å². The van der Waals surface area contributed by atoms with Crippen LogP contribution < -0.4 is 10.2 Å². The van der Waals surface area contributed by atoms with Crippen LogP contribution in [0.15, 0.2) is 43.0 Å². The van der Waals surface area contributed by atoms with Gasteiger partial charge in [-0.2, -0.15) is 0 Å². The third kappa shape index (κ3) is 4.22. The van der Waals surface area contributed by atoms with Crippen LogP contribution in [0, 0.1) is 5.92 Å². The Bertz CT molecular complexity index is 670. The van der Waals surface area contributed by atoms with Gasteiger partial charge in [0.15, 0.2) is 0 Å². The minimum absolute atomic E-state index is 0.00568. The Morgan fingerprint density at radius 2 is 1.96 bits per heavy atom. The summed E-state index contributed by atoms with van der Waals surface area (Å²) in [5.74, 6) is 0.449. The molecule has 2 aromatic heterocycles. The summed E-state index contributed by atoms with van der Waals surface area (Å²) in [6.07, 6.45) is 9.66. The van der Waals surface area contributed by atoms with Gasteiger partial charge in [-0.1, -0.05) is 0 Å². The molecule has 0 aliphatic carbocycles. The lowest BCUT2D eigenvalue weighted by Gasteiger charge is -2.33. The number of nitrogens with one attached hydrogen (secondary N) is 1. The molecule has 1 aliphatic heterocycles. The maximum atomic E-state index is 12.0. The van der Waals surface area contributed by atoms with Crippen molar-refractivity contribution in [1.82, 2.24) is 15.3 Å². The molecule has 24 heavy (non-hydrogen) atoms.